The molecule has 1 rings (SSSR count). The Kier molecular flexibility index (Phi) is 3.29. The molecule has 3 heteroatoms. The van der Waals surface area contributed by atoms with Gasteiger partial charge in [0.05, 0.1) is 12.5 Å². The van der Waals surface area contributed by atoms with E-state index in [0.717, 1.165) is 12.8 Å². The van der Waals surface area contributed by atoms with Crippen LogP contribution in [0.15, 0.2) is 12.2 Å². The molecule has 0 aromatic carbocycles. The van der Waals surface area contributed by atoms with Crippen LogP contribution in [0.3, 0.4) is 0 Å². The summed E-state index contributed by atoms with van der Waals surface area (Å²) in [6.07, 6.45) is 5.64. The topological polar surface area (TPSA) is 52.3 Å². The molecular formula is C9H15NO2. The van der Waals surface area contributed by atoms with Crippen LogP contribution in [0, 0.1) is 5.92 Å². The molecule has 0 aromatic heterocycles. The van der Waals surface area contributed by atoms with Gasteiger partial charge in [-0.05, 0) is 19.8 Å². The van der Waals surface area contributed by atoms with Crippen molar-refractivity contribution >= 4 is 5.97 Å². The number of carbonyl (C=O) groups excluding carboxylic acids is 1. The van der Waals surface area contributed by atoms with Crippen molar-refractivity contribution in [2.45, 2.75) is 25.8 Å². The highest BCUT2D eigenvalue weighted by Crippen LogP contribution is 2.18. The molecule has 0 spiro atoms. The van der Waals surface area contributed by atoms with Crippen molar-refractivity contribution in [1.29, 1.82) is 0 Å². The number of hydrogen-bond acceptors (Lipinski definition) is 3. The highest BCUT2D eigenvalue weighted by Gasteiger charge is 2.26. The van der Waals surface area contributed by atoms with Gasteiger partial charge in [-0.2, -0.15) is 0 Å². The number of ether oxygens (including phenoxy) is 1. The lowest BCUT2D eigenvalue weighted by Gasteiger charge is -2.22. The molecule has 0 heterocycles. The van der Waals surface area contributed by atoms with Crippen LogP contribution in [0.1, 0.15) is 19.8 Å². The van der Waals surface area contributed by atoms with Gasteiger partial charge in [-0.25, -0.2) is 0 Å². The first-order valence-corrected chi connectivity index (χ1v) is 4.34. The zero-order chi connectivity index (χ0) is 8.97. The maximum Gasteiger partial charge on any atom is 0.310 e. The van der Waals surface area contributed by atoms with Crippen LogP contribution in [-0.2, 0) is 9.53 Å². The lowest BCUT2D eigenvalue weighted by molar-refractivity contribution is -0.148. The van der Waals surface area contributed by atoms with Crippen LogP contribution in [0.4, 0.5) is 0 Å². The van der Waals surface area contributed by atoms with Gasteiger partial charge < -0.3 is 10.5 Å². The molecule has 12 heavy (non-hydrogen) atoms. The second-order valence-corrected chi connectivity index (χ2v) is 2.94. The molecule has 0 saturated carbocycles. The first kappa shape index (κ1) is 9.26. The second kappa shape index (κ2) is 4.26. The van der Waals surface area contributed by atoms with Crippen LogP contribution in [0.2, 0.25) is 0 Å². The van der Waals surface area contributed by atoms with Crippen LogP contribution < -0.4 is 5.73 Å². The molecule has 0 amide bonds. The summed E-state index contributed by atoms with van der Waals surface area (Å²) in [5, 5.41) is 0. The molecule has 0 radical (unpaired) electrons. The minimum Gasteiger partial charge on any atom is -0.466 e. The first-order chi connectivity index (χ1) is 5.75. The lowest BCUT2D eigenvalue weighted by Crippen LogP contribution is -2.36. The third kappa shape index (κ3) is 2.08. The minimum absolute atomic E-state index is 0.130. The number of rotatable bonds is 2. The second-order valence-electron chi connectivity index (χ2n) is 2.94. The number of allylic oxidation sites excluding steroid dienone is 1. The molecule has 0 bridgehead atoms. The minimum atomic E-state index is -0.158. The Labute approximate surface area is 72.6 Å². The van der Waals surface area contributed by atoms with Crippen molar-refractivity contribution in [2.24, 2.45) is 11.7 Å². The van der Waals surface area contributed by atoms with E-state index in [4.69, 9.17) is 10.5 Å². The molecule has 2 atom stereocenters. The predicted molar refractivity (Wildman–Crippen MR) is 46.5 cm³/mol. The molecule has 0 fully saturated rings. The first-order valence-electron chi connectivity index (χ1n) is 4.34. The number of nitrogens with two attached hydrogens (primary N) is 1. The summed E-state index contributed by atoms with van der Waals surface area (Å²) < 4.78 is 4.90. The maximum absolute atomic E-state index is 11.3. The molecule has 2 unspecified atom stereocenters. The van der Waals surface area contributed by atoms with Crippen molar-refractivity contribution in [2.75, 3.05) is 6.61 Å². The molecule has 1 aliphatic rings. The molecule has 0 saturated heterocycles. The van der Waals surface area contributed by atoms with Gasteiger partial charge in [0, 0.05) is 6.04 Å². The maximum atomic E-state index is 11.3. The van der Waals surface area contributed by atoms with Crippen molar-refractivity contribution in [3.05, 3.63) is 12.2 Å². The standard InChI is InChI=1S/C9H15NO2/c1-2-12-9(11)7-5-3-4-6-8(7)10/h4,6-8H,2-3,5,10H2,1H3. The zero-order valence-electron chi connectivity index (χ0n) is 7.32. The van der Waals surface area contributed by atoms with Crippen LogP contribution >= 0.6 is 0 Å². The summed E-state index contributed by atoms with van der Waals surface area (Å²) in [5.74, 6) is -0.288. The van der Waals surface area contributed by atoms with Gasteiger partial charge in [0.2, 0.25) is 0 Å². The average molecular weight is 169 g/mol. The highest BCUT2D eigenvalue weighted by molar-refractivity contribution is 5.73. The van der Waals surface area contributed by atoms with E-state index in [2.05, 4.69) is 0 Å². The molecule has 0 aromatic rings. The van der Waals surface area contributed by atoms with Crippen LogP contribution in [-0.4, -0.2) is 18.6 Å². The third-order valence-electron chi connectivity index (χ3n) is 2.06. The molecular weight excluding hydrogens is 154 g/mol. The van der Waals surface area contributed by atoms with Gasteiger partial charge in [0.1, 0.15) is 0 Å². The summed E-state index contributed by atoms with van der Waals surface area (Å²) in [7, 11) is 0. The molecule has 3 nitrogen and oxygen atoms in total. The van der Waals surface area contributed by atoms with E-state index in [-0.39, 0.29) is 17.9 Å². The summed E-state index contributed by atoms with van der Waals surface area (Å²) in [6.45, 7) is 2.24. The van der Waals surface area contributed by atoms with Crippen molar-refractivity contribution < 1.29 is 9.53 Å². The molecule has 0 aliphatic heterocycles. The third-order valence-corrected chi connectivity index (χ3v) is 2.06. The summed E-state index contributed by atoms with van der Waals surface area (Å²) in [5.41, 5.74) is 5.72. The normalized spacial score (nSPS) is 28.5. The van der Waals surface area contributed by atoms with Crippen molar-refractivity contribution in [1.82, 2.24) is 0 Å². The fourth-order valence-electron chi connectivity index (χ4n) is 1.38. The monoisotopic (exact) mass is 169 g/mol. The van der Waals surface area contributed by atoms with E-state index >= 15 is 0 Å². The van der Waals surface area contributed by atoms with Gasteiger partial charge in [0.15, 0.2) is 0 Å². The van der Waals surface area contributed by atoms with Gasteiger partial charge in [-0.15, -0.1) is 0 Å². The fraction of sp³-hybridized carbons (Fsp3) is 0.667. The van der Waals surface area contributed by atoms with Gasteiger partial charge in [-0.3, -0.25) is 4.79 Å². The highest BCUT2D eigenvalue weighted by atomic mass is 16.5. The molecule has 68 valence electrons. The molecule has 1 aliphatic carbocycles. The van der Waals surface area contributed by atoms with E-state index < -0.39 is 0 Å². The summed E-state index contributed by atoms with van der Waals surface area (Å²) >= 11 is 0. The number of esters is 1. The number of carbonyl (C=O) groups is 1. The Morgan fingerprint density at radius 3 is 3.08 bits per heavy atom. The van der Waals surface area contributed by atoms with E-state index in [1.807, 2.05) is 19.1 Å². The summed E-state index contributed by atoms with van der Waals surface area (Å²) in [4.78, 5) is 11.3. The zero-order valence-corrected chi connectivity index (χ0v) is 7.32. The fourth-order valence-corrected chi connectivity index (χ4v) is 1.38. The molecule has 2 N–H and O–H groups in total. The van der Waals surface area contributed by atoms with Gasteiger partial charge in [-0.1, -0.05) is 12.2 Å². The Morgan fingerprint density at radius 2 is 2.50 bits per heavy atom. The Balaban J connectivity index is 2.50. The smallest absolute Gasteiger partial charge is 0.310 e. The Hall–Kier alpha value is -0.830. The van der Waals surface area contributed by atoms with E-state index in [9.17, 15) is 4.79 Å². The van der Waals surface area contributed by atoms with Crippen LogP contribution in [0.25, 0.3) is 0 Å². The van der Waals surface area contributed by atoms with Crippen LogP contribution in [0.5, 0.6) is 0 Å². The largest absolute Gasteiger partial charge is 0.466 e. The SMILES string of the molecule is CCOC(=O)C1CCC=CC1N. The number of hydrogen-bond donors (Lipinski definition) is 1. The van der Waals surface area contributed by atoms with Crippen molar-refractivity contribution in [3.63, 3.8) is 0 Å². The predicted octanol–water partition coefficient (Wildman–Crippen LogP) is 0.843. The Bertz CT molecular complexity index is 189. The van der Waals surface area contributed by atoms with Gasteiger partial charge in [0.25, 0.3) is 0 Å². The quantitative estimate of drug-likeness (QED) is 0.492. The summed E-state index contributed by atoms with van der Waals surface area (Å²) in [6, 6.07) is -0.155. The van der Waals surface area contributed by atoms with E-state index in [1.54, 1.807) is 0 Å². The Morgan fingerprint density at radius 1 is 1.75 bits per heavy atom. The van der Waals surface area contributed by atoms with Crippen molar-refractivity contribution in [3.8, 4) is 0 Å². The van der Waals surface area contributed by atoms with Gasteiger partial charge >= 0.3 is 5.97 Å². The van der Waals surface area contributed by atoms with E-state index in [0.29, 0.717) is 6.61 Å². The average Bonchev–Trinajstić information content (AvgIpc) is 2.05. The van der Waals surface area contributed by atoms with E-state index in [1.165, 1.54) is 0 Å². The lowest BCUT2D eigenvalue weighted by atomic mass is 9.90.